The molecule has 2 aliphatic rings. The van der Waals surface area contributed by atoms with Crippen LogP contribution >= 0.6 is 0 Å². The molecule has 2 amide bonds. The van der Waals surface area contributed by atoms with E-state index in [-0.39, 0.29) is 18.4 Å². The number of hydrogen-bond donors (Lipinski definition) is 2. The number of para-hydroxylation sites is 2. The van der Waals surface area contributed by atoms with Crippen molar-refractivity contribution in [2.45, 2.75) is 57.5 Å². The number of fused-ring (bicyclic) bond motifs is 2. The zero-order valence-electron chi connectivity index (χ0n) is 16.4. The van der Waals surface area contributed by atoms with E-state index in [2.05, 4.69) is 10.6 Å². The van der Waals surface area contributed by atoms with Crippen molar-refractivity contribution in [3.05, 3.63) is 24.3 Å². The lowest BCUT2D eigenvalue weighted by atomic mass is 9.89. The molecule has 6 heteroatoms. The Kier molecular flexibility index (Phi) is 6.72. The van der Waals surface area contributed by atoms with Crippen molar-refractivity contribution < 1.29 is 14.3 Å². The highest BCUT2D eigenvalue weighted by atomic mass is 16.5. The van der Waals surface area contributed by atoms with E-state index in [1.807, 2.05) is 19.1 Å². The predicted octanol–water partition coefficient (Wildman–Crippen LogP) is 2.79. The Bertz CT molecular complexity index is 652. The molecule has 2 heterocycles. The number of piperidine rings is 1. The highest BCUT2D eigenvalue weighted by Gasteiger charge is 2.34. The van der Waals surface area contributed by atoms with E-state index < -0.39 is 0 Å². The van der Waals surface area contributed by atoms with E-state index in [1.165, 1.54) is 12.8 Å². The Morgan fingerprint density at radius 3 is 2.59 bits per heavy atom. The van der Waals surface area contributed by atoms with Gasteiger partial charge in [-0.05, 0) is 50.2 Å². The molecule has 148 valence electrons. The van der Waals surface area contributed by atoms with Crippen LogP contribution in [-0.2, 0) is 9.59 Å². The number of rotatable bonds is 8. The second-order valence-corrected chi connectivity index (χ2v) is 7.74. The molecule has 2 N–H and O–H groups in total. The smallest absolute Gasteiger partial charge is 0.244 e. The molecule has 0 aliphatic carbocycles. The fourth-order valence-corrected chi connectivity index (χ4v) is 4.39. The van der Waals surface area contributed by atoms with E-state index in [9.17, 15) is 9.59 Å². The van der Waals surface area contributed by atoms with Gasteiger partial charge in [0.15, 0.2) is 0 Å². The van der Waals surface area contributed by atoms with E-state index >= 15 is 0 Å². The highest BCUT2D eigenvalue weighted by Crippen LogP contribution is 2.33. The third-order valence-corrected chi connectivity index (χ3v) is 5.60. The number of amides is 2. The maximum atomic E-state index is 12.8. The van der Waals surface area contributed by atoms with Crippen LogP contribution < -0.4 is 15.4 Å². The molecule has 0 radical (unpaired) electrons. The number of nitrogens with zero attached hydrogens (tertiary/aromatic N) is 1. The van der Waals surface area contributed by atoms with Crippen LogP contribution in [-0.4, -0.2) is 49.0 Å². The molecule has 2 fully saturated rings. The SMILES string of the molecule is CCCN(CC(=O)Nc1ccccc1OC)C(=O)CC1CC2CCC(C1)N2. The fraction of sp³-hybridized carbons (Fsp3) is 0.619. The van der Waals surface area contributed by atoms with Gasteiger partial charge in [-0.25, -0.2) is 0 Å². The van der Waals surface area contributed by atoms with Gasteiger partial charge < -0.3 is 20.3 Å². The number of nitrogens with one attached hydrogen (secondary N) is 2. The van der Waals surface area contributed by atoms with Gasteiger partial charge in [-0.3, -0.25) is 9.59 Å². The number of carbonyl (C=O) groups excluding carboxylic acids is 2. The molecule has 1 aromatic carbocycles. The molecule has 2 atom stereocenters. The van der Waals surface area contributed by atoms with Gasteiger partial charge in [-0.1, -0.05) is 19.1 Å². The minimum Gasteiger partial charge on any atom is -0.495 e. The van der Waals surface area contributed by atoms with Crippen LogP contribution in [0.25, 0.3) is 0 Å². The number of benzene rings is 1. The first-order valence-corrected chi connectivity index (χ1v) is 10.1. The van der Waals surface area contributed by atoms with Gasteiger partial charge >= 0.3 is 0 Å². The Morgan fingerprint density at radius 2 is 1.93 bits per heavy atom. The van der Waals surface area contributed by atoms with Crippen molar-refractivity contribution in [1.82, 2.24) is 10.2 Å². The van der Waals surface area contributed by atoms with Crippen LogP contribution in [0.1, 0.15) is 45.4 Å². The van der Waals surface area contributed by atoms with Crippen LogP contribution in [0, 0.1) is 5.92 Å². The molecule has 27 heavy (non-hydrogen) atoms. The average Bonchev–Trinajstić information content (AvgIpc) is 3.00. The second kappa shape index (κ2) is 9.22. The lowest BCUT2D eigenvalue weighted by Crippen LogP contribution is -2.42. The first-order valence-electron chi connectivity index (χ1n) is 10.1. The summed E-state index contributed by atoms with van der Waals surface area (Å²) < 4.78 is 5.27. The summed E-state index contributed by atoms with van der Waals surface area (Å²) in [6.07, 6.45) is 6.01. The molecule has 6 nitrogen and oxygen atoms in total. The molecular weight excluding hydrogens is 342 g/mol. The summed E-state index contributed by atoms with van der Waals surface area (Å²) in [4.78, 5) is 27.1. The summed E-state index contributed by atoms with van der Waals surface area (Å²) in [5.74, 6) is 0.960. The molecule has 2 saturated heterocycles. The van der Waals surface area contributed by atoms with Gasteiger partial charge in [-0.15, -0.1) is 0 Å². The van der Waals surface area contributed by atoms with Gasteiger partial charge in [-0.2, -0.15) is 0 Å². The van der Waals surface area contributed by atoms with E-state index in [4.69, 9.17) is 4.74 Å². The summed E-state index contributed by atoms with van der Waals surface area (Å²) in [7, 11) is 1.57. The van der Waals surface area contributed by atoms with Gasteiger partial charge in [0.05, 0.1) is 19.3 Å². The molecule has 3 rings (SSSR count). The lowest BCUT2D eigenvalue weighted by Gasteiger charge is -2.30. The normalized spacial score (nSPS) is 23.7. The van der Waals surface area contributed by atoms with Crippen molar-refractivity contribution in [2.75, 3.05) is 25.5 Å². The largest absolute Gasteiger partial charge is 0.495 e. The van der Waals surface area contributed by atoms with Gasteiger partial charge in [0.1, 0.15) is 5.75 Å². The van der Waals surface area contributed by atoms with Crippen LogP contribution in [0.3, 0.4) is 0 Å². The van der Waals surface area contributed by atoms with Crippen molar-refractivity contribution in [3.63, 3.8) is 0 Å². The van der Waals surface area contributed by atoms with Crippen LogP contribution in [0.4, 0.5) is 5.69 Å². The summed E-state index contributed by atoms with van der Waals surface area (Å²) >= 11 is 0. The third kappa shape index (κ3) is 5.22. The number of ether oxygens (including phenoxy) is 1. The molecule has 0 saturated carbocycles. The Hall–Kier alpha value is -2.08. The maximum Gasteiger partial charge on any atom is 0.244 e. The third-order valence-electron chi connectivity index (χ3n) is 5.60. The first-order chi connectivity index (χ1) is 13.1. The van der Waals surface area contributed by atoms with E-state index in [0.29, 0.717) is 42.4 Å². The van der Waals surface area contributed by atoms with Crippen LogP contribution in [0.15, 0.2) is 24.3 Å². The summed E-state index contributed by atoms with van der Waals surface area (Å²) in [6, 6.07) is 8.46. The number of hydrogen-bond acceptors (Lipinski definition) is 4. The highest BCUT2D eigenvalue weighted by molar-refractivity contribution is 5.95. The number of anilines is 1. The molecule has 1 aromatic rings. The lowest BCUT2D eigenvalue weighted by molar-refractivity contribution is -0.135. The summed E-state index contributed by atoms with van der Waals surface area (Å²) in [5, 5.41) is 6.48. The first kappa shape index (κ1) is 19.7. The maximum absolute atomic E-state index is 12.8. The van der Waals surface area contributed by atoms with Crippen LogP contribution in [0.2, 0.25) is 0 Å². The zero-order chi connectivity index (χ0) is 19.2. The Morgan fingerprint density at radius 1 is 1.22 bits per heavy atom. The number of carbonyl (C=O) groups is 2. The summed E-state index contributed by atoms with van der Waals surface area (Å²) in [6.45, 7) is 2.72. The topological polar surface area (TPSA) is 70.7 Å². The van der Waals surface area contributed by atoms with Gasteiger partial charge in [0.25, 0.3) is 0 Å². The predicted molar refractivity (Wildman–Crippen MR) is 106 cm³/mol. The quantitative estimate of drug-likeness (QED) is 0.735. The molecular formula is C21H31N3O3. The average molecular weight is 373 g/mol. The molecule has 2 unspecified atom stereocenters. The molecule has 2 aliphatic heterocycles. The monoisotopic (exact) mass is 373 g/mol. The van der Waals surface area contributed by atoms with Crippen molar-refractivity contribution >= 4 is 17.5 Å². The van der Waals surface area contributed by atoms with Crippen molar-refractivity contribution in [3.8, 4) is 5.75 Å². The minimum absolute atomic E-state index is 0.0859. The molecule has 2 bridgehead atoms. The standard InChI is InChI=1S/C21H31N3O3/c1-3-10-24(14-20(25)23-18-6-4-5-7-19(18)27-2)21(26)13-15-11-16-8-9-17(12-15)22-16/h4-7,15-17,22H,3,8-14H2,1-2H3,(H,23,25). The van der Waals surface area contributed by atoms with E-state index in [0.717, 1.165) is 19.3 Å². The Balaban J connectivity index is 1.56. The van der Waals surface area contributed by atoms with E-state index in [1.54, 1.807) is 24.1 Å². The summed E-state index contributed by atoms with van der Waals surface area (Å²) in [5.41, 5.74) is 0.629. The fourth-order valence-electron chi connectivity index (χ4n) is 4.39. The second-order valence-electron chi connectivity index (χ2n) is 7.74. The van der Waals surface area contributed by atoms with Crippen LogP contribution in [0.5, 0.6) is 5.75 Å². The zero-order valence-corrected chi connectivity index (χ0v) is 16.4. The van der Waals surface area contributed by atoms with Gasteiger partial charge in [0.2, 0.25) is 11.8 Å². The number of methoxy groups -OCH3 is 1. The molecule has 0 spiro atoms. The van der Waals surface area contributed by atoms with Crippen molar-refractivity contribution in [1.29, 1.82) is 0 Å². The van der Waals surface area contributed by atoms with Crippen molar-refractivity contribution in [2.24, 2.45) is 5.92 Å². The molecule has 0 aromatic heterocycles. The minimum atomic E-state index is -0.188. The Labute approximate surface area is 161 Å². The van der Waals surface area contributed by atoms with Gasteiger partial charge in [0, 0.05) is 25.0 Å².